The molecule has 5 heteroatoms. The number of nitrogens with zero attached hydrogens (tertiary/aromatic N) is 1. The number of carboxylic acid groups (broad SMARTS) is 1. The molecule has 0 fully saturated rings. The number of nitriles is 1. The molecule has 0 atom stereocenters. The minimum Gasteiger partial charge on any atom is -0.481 e. The van der Waals surface area contributed by atoms with Crippen LogP contribution in [0.5, 0.6) is 0 Å². The molecular weight excluding hydrogens is 248 g/mol. The van der Waals surface area contributed by atoms with Crippen LogP contribution < -0.4 is 5.73 Å². The monoisotopic (exact) mass is 254 g/mol. The molecule has 0 aliphatic heterocycles. The van der Waals surface area contributed by atoms with Gasteiger partial charge >= 0.3 is 5.97 Å². The molecular formula is C9H7BrN2O2. The minimum absolute atomic E-state index is 0.173. The first-order chi connectivity index (χ1) is 6.54. The van der Waals surface area contributed by atoms with Crippen molar-refractivity contribution in [2.45, 2.75) is 6.42 Å². The number of benzene rings is 1. The predicted octanol–water partition coefficient (Wildman–Crippen LogP) is 1.53. The topological polar surface area (TPSA) is 87.1 Å². The predicted molar refractivity (Wildman–Crippen MR) is 54.6 cm³/mol. The summed E-state index contributed by atoms with van der Waals surface area (Å²) in [5, 5.41) is 17.3. The highest BCUT2D eigenvalue weighted by Crippen LogP contribution is 2.23. The summed E-state index contributed by atoms with van der Waals surface area (Å²) in [5.41, 5.74) is 6.80. The average Bonchev–Trinajstić information content (AvgIpc) is 2.09. The molecule has 0 aliphatic rings. The van der Waals surface area contributed by atoms with Gasteiger partial charge in [-0.25, -0.2) is 0 Å². The Labute approximate surface area is 89.1 Å². The van der Waals surface area contributed by atoms with Crippen molar-refractivity contribution < 1.29 is 9.90 Å². The first-order valence-corrected chi connectivity index (χ1v) is 4.53. The summed E-state index contributed by atoms with van der Waals surface area (Å²) in [6.45, 7) is 0. The molecule has 14 heavy (non-hydrogen) atoms. The second-order valence-electron chi connectivity index (χ2n) is 2.71. The van der Waals surface area contributed by atoms with Crippen molar-refractivity contribution in [1.29, 1.82) is 5.26 Å². The van der Waals surface area contributed by atoms with E-state index in [2.05, 4.69) is 15.9 Å². The summed E-state index contributed by atoms with van der Waals surface area (Å²) >= 11 is 3.16. The van der Waals surface area contributed by atoms with Crippen LogP contribution in [0.15, 0.2) is 16.6 Å². The first kappa shape index (κ1) is 10.5. The number of nitrogen functional groups attached to an aromatic ring is 1. The molecule has 3 N–H and O–H groups in total. The molecule has 1 aromatic rings. The molecule has 0 saturated carbocycles. The van der Waals surface area contributed by atoms with Gasteiger partial charge in [0.15, 0.2) is 0 Å². The maximum atomic E-state index is 10.5. The van der Waals surface area contributed by atoms with Crippen molar-refractivity contribution in [3.8, 4) is 6.07 Å². The Balaban J connectivity index is 3.19. The molecule has 0 radical (unpaired) electrons. The van der Waals surface area contributed by atoms with Gasteiger partial charge in [0, 0.05) is 10.2 Å². The van der Waals surface area contributed by atoms with Crippen molar-refractivity contribution in [3.05, 3.63) is 27.7 Å². The summed E-state index contributed by atoms with van der Waals surface area (Å²) in [5.74, 6) is -0.970. The van der Waals surface area contributed by atoms with Crippen LogP contribution in [-0.4, -0.2) is 11.1 Å². The SMILES string of the molecule is N#Cc1cc(CC(=O)O)c(N)cc1Br. The number of carbonyl (C=O) groups is 1. The van der Waals surface area contributed by atoms with Crippen molar-refractivity contribution in [2.24, 2.45) is 0 Å². The fraction of sp³-hybridized carbons (Fsp3) is 0.111. The van der Waals surface area contributed by atoms with Gasteiger partial charge in [-0.15, -0.1) is 0 Å². The molecule has 0 bridgehead atoms. The van der Waals surface area contributed by atoms with Gasteiger partial charge in [-0.05, 0) is 33.6 Å². The van der Waals surface area contributed by atoms with Gasteiger partial charge in [-0.2, -0.15) is 5.26 Å². The summed E-state index contributed by atoms with van der Waals surface area (Å²) in [7, 11) is 0. The zero-order chi connectivity index (χ0) is 10.7. The lowest BCUT2D eigenvalue weighted by Crippen LogP contribution is -2.04. The number of aliphatic carboxylic acids is 1. The van der Waals surface area contributed by atoms with E-state index < -0.39 is 5.97 Å². The van der Waals surface area contributed by atoms with E-state index in [4.69, 9.17) is 16.1 Å². The lowest BCUT2D eigenvalue weighted by Gasteiger charge is -2.04. The van der Waals surface area contributed by atoms with Gasteiger partial charge in [0.25, 0.3) is 0 Å². The van der Waals surface area contributed by atoms with Crippen LogP contribution in [0.3, 0.4) is 0 Å². The van der Waals surface area contributed by atoms with Gasteiger partial charge in [-0.3, -0.25) is 4.79 Å². The molecule has 1 aromatic carbocycles. The number of nitrogens with two attached hydrogens (primary N) is 1. The third-order valence-electron chi connectivity index (χ3n) is 1.69. The molecule has 72 valence electrons. The summed E-state index contributed by atoms with van der Waals surface area (Å²) in [6.07, 6.45) is -0.173. The van der Waals surface area contributed by atoms with Crippen LogP contribution in [-0.2, 0) is 11.2 Å². The van der Waals surface area contributed by atoms with Gasteiger partial charge < -0.3 is 10.8 Å². The van der Waals surface area contributed by atoms with E-state index >= 15 is 0 Å². The number of hydrogen-bond acceptors (Lipinski definition) is 3. The van der Waals surface area contributed by atoms with Crippen molar-refractivity contribution in [1.82, 2.24) is 0 Å². The lowest BCUT2D eigenvalue weighted by molar-refractivity contribution is -0.136. The van der Waals surface area contributed by atoms with Crippen molar-refractivity contribution in [2.75, 3.05) is 5.73 Å². The molecule has 0 unspecified atom stereocenters. The Morgan fingerprint density at radius 2 is 2.29 bits per heavy atom. The van der Waals surface area contributed by atoms with Crippen LogP contribution in [0.2, 0.25) is 0 Å². The fourth-order valence-corrected chi connectivity index (χ4v) is 1.48. The first-order valence-electron chi connectivity index (χ1n) is 3.74. The van der Waals surface area contributed by atoms with Gasteiger partial charge in [0.05, 0.1) is 12.0 Å². The van der Waals surface area contributed by atoms with Crippen LogP contribution in [0.1, 0.15) is 11.1 Å². The molecule has 0 heterocycles. The average molecular weight is 255 g/mol. The van der Waals surface area contributed by atoms with E-state index in [-0.39, 0.29) is 6.42 Å². The number of hydrogen-bond donors (Lipinski definition) is 2. The normalized spacial score (nSPS) is 9.43. The van der Waals surface area contributed by atoms with E-state index in [0.29, 0.717) is 21.3 Å². The van der Waals surface area contributed by atoms with E-state index in [0.717, 1.165) is 0 Å². The standard InChI is InChI=1S/C9H7BrN2O2/c10-7-3-8(12)5(2-9(13)14)1-6(7)4-11/h1,3H,2,12H2,(H,13,14). The quantitative estimate of drug-likeness (QED) is 0.784. The Hall–Kier alpha value is -1.54. The maximum absolute atomic E-state index is 10.5. The van der Waals surface area contributed by atoms with Crippen LogP contribution in [0.4, 0.5) is 5.69 Å². The maximum Gasteiger partial charge on any atom is 0.307 e. The zero-order valence-electron chi connectivity index (χ0n) is 7.12. The van der Waals surface area contributed by atoms with E-state index in [1.54, 1.807) is 0 Å². The Bertz CT molecular complexity index is 424. The van der Waals surface area contributed by atoms with Gasteiger partial charge in [-0.1, -0.05) is 0 Å². The molecule has 0 spiro atoms. The molecule has 1 rings (SSSR count). The van der Waals surface area contributed by atoms with Crippen LogP contribution >= 0.6 is 15.9 Å². The van der Waals surface area contributed by atoms with Gasteiger partial charge in [0.2, 0.25) is 0 Å². The third-order valence-corrected chi connectivity index (χ3v) is 2.35. The van der Waals surface area contributed by atoms with E-state index in [9.17, 15) is 4.79 Å². The molecule has 0 amide bonds. The van der Waals surface area contributed by atoms with Gasteiger partial charge in [0.1, 0.15) is 6.07 Å². The molecule has 4 nitrogen and oxygen atoms in total. The molecule has 0 aromatic heterocycles. The smallest absolute Gasteiger partial charge is 0.307 e. The molecule has 0 aliphatic carbocycles. The van der Waals surface area contributed by atoms with Crippen molar-refractivity contribution in [3.63, 3.8) is 0 Å². The van der Waals surface area contributed by atoms with E-state index in [1.165, 1.54) is 12.1 Å². The second kappa shape index (κ2) is 4.11. The summed E-state index contributed by atoms with van der Waals surface area (Å²) < 4.78 is 0.576. The number of rotatable bonds is 2. The summed E-state index contributed by atoms with van der Waals surface area (Å²) in [4.78, 5) is 10.5. The number of anilines is 1. The Morgan fingerprint density at radius 1 is 1.64 bits per heavy atom. The minimum atomic E-state index is -0.970. The van der Waals surface area contributed by atoms with Crippen LogP contribution in [0.25, 0.3) is 0 Å². The Kier molecular flexibility index (Phi) is 3.10. The number of halogens is 1. The second-order valence-corrected chi connectivity index (χ2v) is 3.57. The third kappa shape index (κ3) is 2.24. The Morgan fingerprint density at radius 3 is 2.79 bits per heavy atom. The largest absolute Gasteiger partial charge is 0.481 e. The lowest BCUT2D eigenvalue weighted by atomic mass is 10.1. The fourth-order valence-electron chi connectivity index (χ4n) is 1.04. The van der Waals surface area contributed by atoms with E-state index in [1.807, 2.05) is 6.07 Å². The highest BCUT2D eigenvalue weighted by atomic mass is 79.9. The highest BCUT2D eigenvalue weighted by Gasteiger charge is 2.08. The van der Waals surface area contributed by atoms with Crippen molar-refractivity contribution >= 4 is 27.6 Å². The highest BCUT2D eigenvalue weighted by molar-refractivity contribution is 9.10. The zero-order valence-corrected chi connectivity index (χ0v) is 8.71. The molecule has 0 saturated heterocycles. The van der Waals surface area contributed by atoms with Crippen LogP contribution in [0, 0.1) is 11.3 Å². The summed E-state index contributed by atoms with van der Waals surface area (Å²) in [6, 6.07) is 4.96. The number of carboxylic acids is 1.